The normalized spacial score (nSPS) is 18.5. The molecule has 5 N–H and O–H groups in total. The first kappa shape index (κ1) is 18.9. The minimum atomic E-state index is -0.577. The van der Waals surface area contributed by atoms with Gasteiger partial charge in [0.2, 0.25) is 5.91 Å². The Morgan fingerprint density at radius 2 is 1.93 bits per heavy atom. The molecule has 2 aromatic carbocycles. The second-order valence-electron chi connectivity index (χ2n) is 7.31. The number of para-hydroxylation sites is 1. The van der Waals surface area contributed by atoms with E-state index in [0.29, 0.717) is 24.2 Å². The number of carbonyl (C=O) groups excluding carboxylic acids is 2. The number of nitrogens with one attached hydrogen (secondary N) is 3. The number of anilines is 2. The fraction of sp³-hybridized carbons (Fsp3) is 0.227. The van der Waals surface area contributed by atoms with Gasteiger partial charge in [-0.15, -0.1) is 0 Å². The molecule has 0 bridgehead atoms. The van der Waals surface area contributed by atoms with Crippen molar-refractivity contribution in [2.75, 3.05) is 30.3 Å². The monoisotopic (exact) mass is 389 g/mol. The molecule has 4 rings (SSSR count). The molecule has 1 atom stereocenters. The summed E-state index contributed by atoms with van der Waals surface area (Å²) in [6, 6.07) is 16.7. The maximum atomic E-state index is 13.1. The van der Waals surface area contributed by atoms with Gasteiger partial charge < -0.3 is 21.7 Å². The van der Waals surface area contributed by atoms with Gasteiger partial charge in [0.15, 0.2) is 0 Å². The first-order valence-electron chi connectivity index (χ1n) is 9.58. The number of benzene rings is 2. The number of aromatic nitrogens is 1. The standard InChI is InChI=1S/C22H23N5O2/c23-20(28)17-8-9-18(16-7-4-11-25-19(16)17)26-14-22(10-12-24-13-22)21(29)27-15-5-2-1-3-6-15/h1-9,11,24,26H,10,12-14H2,(H2,23,28)(H,27,29). The minimum absolute atomic E-state index is 0.0163. The van der Waals surface area contributed by atoms with E-state index in [1.807, 2.05) is 48.5 Å². The fourth-order valence-electron chi connectivity index (χ4n) is 3.74. The molecule has 148 valence electrons. The zero-order chi connectivity index (χ0) is 20.3. The van der Waals surface area contributed by atoms with Crippen LogP contribution in [-0.2, 0) is 4.79 Å². The zero-order valence-electron chi connectivity index (χ0n) is 15.9. The first-order valence-corrected chi connectivity index (χ1v) is 9.58. The number of nitrogens with zero attached hydrogens (tertiary/aromatic N) is 1. The van der Waals surface area contributed by atoms with E-state index < -0.39 is 11.3 Å². The van der Waals surface area contributed by atoms with Crippen LogP contribution in [0.1, 0.15) is 16.8 Å². The Kier molecular flexibility index (Phi) is 5.14. The van der Waals surface area contributed by atoms with Crippen LogP contribution in [0.3, 0.4) is 0 Å². The van der Waals surface area contributed by atoms with Gasteiger partial charge in [-0.05, 0) is 49.4 Å². The Balaban J connectivity index is 1.58. The lowest BCUT2D eigenvalue weighted by Gasteiger charge is -2.28. The summed E-state index contributed by atoms with van der Waals surface area (Å²) in [4.78, 5) is 29.1. The van der Waals surface area contributed by atoms with E-state index in [2.05, 4.69) is 20.9 Å². The third-order valence-electron chi connectivity index (χ3n) is 5.41. The molecular formula is C22H23N5O2. The molecule has 2 heterocycles. The highest BCUT2D eigenvalue weighted by molar-refractivity contribution is 6.08. The van der Waals surface area contributed by atoms with E-state index in [1.54, 1.807) is 12.3 Å². The number of fused-ring (bicyclic) bond motifs is 1. The van der Waals surface area contributed by atoms with Crippen LogP contribution in [0, 0.1) is 5.41 Å². The number of primary amides is 1. The Morgan fingerprint density at radius 3 is 2.66 bits per heavy atom. The van der Waals surface area contributed by atoms with Gasteiger partial charge in [0.05, 0.1) is 16.5 Å². The number of rotatable bonds is 6. The predicted molar refractivity (Wildman–Crippen MR) is 114 cm³/mol. The third kappa shape index (κ3) is 3.77. The van der Waals surface area contributed by atoms with Crippen LogP contribution in [0.25, 0.3) is 10.9 Å². The molecule has 0 aliphatic carbocycles. The van der Waals surface area contributed by atoms with Gasteiger partial charge in [-0.1, -0.05) is 18.2 Å². The average molecular weight is 389 g/mol. The van der Waals surface area contributed by atoms with Crippen molar-refractivity contribution in [1.82, 2.24) is 10.3 Å². The van der Waals surface area contributed by atoms with Crippen LogP contribution in [0.4, 0.5) is 11.4 Å². The van der Waals surface area contributed by atoms with Crippen molar-refractivity contribution in [3.63, 3.8) is 0 Å². The van der Waals surface area contributed by atoms with Gasteiger partial charge >= 0.3 is 0 Å². The summed E-state index contributed by atoms with van der Waals surface area (Å²) < 4.78 is 0. The van der Waals surface area contributed by atoms with Crippen LogP contribution >= 0.6 is 0 Å². The van der Waals surface area contributed by atoms with E-state index in [9.17, 15) is 9.59 Å². The SMILES string of the molecule is NC(=O)c1ccc(NCC2(C(=O)Nc3ccccc3)CCNC2)c2cccnc12. The lowest BCUT2D eigenvalue weighted by Crippen LogP contribution is -2.43. The molecule has 7 nitrogen and oxygen atoms in total. The maximum Gasteiger partial charge on any atom is 0.250 e. The van der Waals surface area contributed by atoms with Crippen LogP contribution < -0.4 is 21.7 Å². The molecule has 1 aromatic heterocycles. The summed E-state index contributed by atoms with van der Waals surface area (Å²) in [5.74, 6) is -0.531. The highest BCUT2D eigenvalue weighted by atomic mass is 16.2. The van der Waals surface area contributed by atoms with E-state index in [1.165, 1.54) is 0 Å². The molecule has 29 heavy (non-hydrogen) atoms. The molecule has 1 aliphatic heterocycles. The highest BCUT2D eigenvalue weighted by Gasteiger charge is 2.41. The molecule has 1 aliphatic rings. The van der Waals surface area contributed by atoms with E-state index >= 15 is 0 Å². The van der Waals surface area contributed by atoms with Crippen LogP contribution in [0.5, 0.6) is 0 Å². The van der Waals surface area contributed by atoms with Crippen LogP contribution in [0.2, 0.25) is 0 Å². The Hall–Kier alpha value is -3.45. The number of amides is 2. The van der Waals surface area contributed by atoms with Crippen molar-refractivity contribution in [2.24, 2.45) is 11.1 Å². The van der Waals surface area contributed by atoms with E-state index in [4.69, 9.17) is 5.73 Å². The molecule has 1 saturated heterocycles. The predicted octanol–water partition coefficient (Wildman–Crippen LogP) is 2.36. The number of nitrogens with two attached hydrogens (primary N) is 1. The summed E-state index contributed by atoms with van der Waals surface area (Å²) in [5.41, 5.74) is 7.43. The maximum absolute atomic E-state index is 13.1. The average Bonchev–Trinajstić information content (AvgIpc) is 3.23. The van der Waals surface area contributed by atoms with Crippen molar-refractivity contribution in [3.05, 3.63) is 66.4 Å². The van der Waals surface area contributed by atoms with Gasteiger partial charge in [0.25, 0.3) is 5.91 Å². The Bertz CT molecular complexity index is 1050. The second kappa shape index (κ2) is 7.89. The fourth-order valence-corrected chi connectivity index (χ4v) is 3.74. The van der Waals surface area contributed by atoms with Crippen molar-refractivity contribution < 1.29 is 9.59 Å². The molecule has 7 heteroatoms. The largest absolute Gasteiger partial charge is 0.383 e. The molecule has 2 amide bonds. The molecular weight excluding hydrogens is 366 g/mol. The van der Waals surface area contributed by atoms with Gasteiger partial charge in [0.1, 0.15) is 0 Å². The molecule has 0 spiro atoms. The lowest BCUT2D eigenvalue weighted by atomic mass is 9.85. The smallest absolute Gasteiger partial charge is 0.250 e. The summed E-state index contributed by atoms with van der Waals surface area (Å²) in [7, 11) is 0. The van der Waals surface area contributed by atoms with Gasteiger partial charge in [-0.25, -0.2) is 0 Å². The number of hydrogen-bond donors (Lipinski definition) is 4. The minimum Gasteiger partial charge on any atom is -0.383 e. The molecule has 0 saturated carbocycles. The first-order chi connectivity index (χ1) is 14.1. The molecule has 1 unspecified atom stereocenters. The number of carbonyl (C=O) groups is 2. The lowest BCUT2D eigenvalue weighted by molar-refractivity contribution is -0.124. The summed E-state index contributed by atoms with van der Waals surface area (Å²) in [5, 5.41) is 10.5. The number of pyridine rings is 1. The van der Waals surface area contributed by atoms with Crippen molar-refractivity contribution >= 4 is 34.1 Å². The Morgan fingerprint density at radius 1 is 1.10 bits per heavy atom. The topological polar surface area (TPSA) is 109 Å². The number of hydrogen-bond acceptors (Lipinski definition) is 5. The zero-order valence-corrected chi connectivity index (χ0v) is 15.9. The van der Waals surface area contributed by atoms with Crippen LogP contribution in [0.15, 0.2) is 60.8 Å². The molecule has 3 aromatic rings. The van der Waals surface area contributed by atoms with Gasteiger partial charge in [-0.2, -0.15) is 0 Å². The third-order valence-corrected chi connectivity index (χ3v) is 5.41. The molecule has 0 radical (unpaired) electrons. The second-order valence-corrected chi connectivity index (χ2v) is 7.31. The van der Waals surface area contributed by atoms with Crippen molar-refractivity contribution in [1.29, 1.82) is 0 Å². The van der Waals surface area contributed by atoms with Gasteiger partial charge in [-0.3, -0.25) is 14.6 Å². The summed E-state index contributed by atoms with van der Waals surface area (Å²) >= 11 is 0. The quantitative estimate of drug-likeness (QED) is 0.517. The van der Waals surface area contributed by atoms with Crippen molar-refractivity contribution in [2.45, 2.75) is 6.42 Å². The summed E-state index contributed by atoms with van der Waals surface area (Å²) in [6.07, 6.45) is 2.36. The highest BCUT2D eigenvalue weighted by Crippen LogP contribution is 2.31. The van der Waals surface area contributed by atoms with Gasteiger partial charge in [0, 0.05) is 36.0 Å². The molecule has 1 fully saturated rings. The van der Waals surface area contributed by atoms with Crippen molar-refractivity contribution in [3.8, 4) is 0 Å². The van der Waals surface area contributed by atoms with Crippen LogP contribution in [-0.4, -0.2) is 36.4 Å². The Labute approximate surface area is 168 Å². The van der Waals surface area contributed by atoms with E-state index in [0.717, 1.165) is 29.7 Å². The summed E-state index contributed by atoms with van der Waals surface area (Å²) in [6.45, 7) is 1.83. The van der Waals surface area contributed by atoms with E-state index in [-0.39, 0.29) is 5.91 Å².